The summed E-state index contributed by atoms with van der Waals surface area (Å²) in [5.74, 6) is -0.891. The van der Waals surface area contributed by atoms with Crippen LogP contribution in [0.15, 0.2) is 59.5 Å². The maximum Gasteiger partial charge on any atom is 0.173 e. The van der Waals surface area contributed by atoms with Crippen LogP contribution >= 0.6 is 11.3 Å². The van der Waals surface area contributed by atoms with Crippen molar-refractivity contribution in [1.82, 2.24) is 0 Å². The van der Waals surface area contributed by atoms with Gasteiger partial charge in [0.2, 0.25) is 0 Å². The van der Waals surface area contributed by atoms with Crippen molar-refractivity contribution in [3.63, 3.8) is 0 Å². The Morgan fingerprint density at radius 2 is 1.84 bits per heavy atom. The van der Waals surface area contributed by atoms with Crippen molar-refractivity contribution in [3.05, 3.63) is 69.9 Å². The van der Waals surface area contributed by atoms with Gasteiger partial charge in [0.05, 0.1) is 13.0 Å². The number of carbonyl (C=O) groups excluding carboxylic acids is 2. The van der Waals surface area contributed by atoms with Crippen LogP contribution in [0, 0.1) is 23.7 Å². The minimum atomic E-state index is -1.55. The van der Waals surface area contributed by atoms with Gasteiger partial charge in [0, 0.05) is 27.7 Å². The standard InChI is InChI=1S/C26H26O4S/c1-14(2)17-12-19-22-23(27)18(15-7-9-16(30-4)10-8-15)13-26(22,20-6-5-11-31-20)21(17)24(28)25(19,3)29/h5-14,19,21-22,29H,1-4H3/t19-,21-,22-,25+,26+/m0/s1. The molecule has 2 bridgehead atoms. The number of methoxy groups -OCH3 is 1. The lowest BCUT2D eigenvalue weighted by Gasteiger charge is -2.57. The fourth-order valence-corrected chi connectivity index (χ4v) is 6.88. The first-order chi connectivity index (χ1) is 14.7. The van der Waals surface area contributed by atoms with Gasteiger partial charge in [-0.2, -0.15) is 0 Å². The molecule has 0 unspecified atom stereocenters. The Bertz CT molecular complexity index is 1120. The molecule has 2 aromatic rings. The van der Waals surface area contributed by atoms with E-state index in [2.05, 4.69) is 13.8 Å². The van der Waals surface area contributed by atoms with Crippen molar-refractivity contribution in [1.29, 1.82) is 0 Å². The molecule has 1 aromatic heterocycles. The number of ether oxygens (including phenoxy) is 1. The molecule has 0 aliphatic heterocycles. The summed E-state index contributed by atoms with van der Waals surface area (Å²) >= 11 is 1.58. The fraction of sp³-hybridized carbons (Fsp3) is 0.385. The Morgan fingerprint density at radius 3 is 2.42 bits per heavy atom. The molecule has 1 saturated carbocycles. The summed E-state index contributed by atoms with van der Waals surface area (Å²) in [7, 11) is 1.61. The summed E-state index contributed by atoms with van der Waals surface area (Å²) in [5, 5.41) is 13.2. The second-order valence-electron chi connectivity index (χ2n) is 9.33. The summed E-state index contributed by atoms with van der Waals surface area (Å²) in [6.45, 7) is 5.74. The quantitative estimate of drug-likeness (QED) is 0.723. The van der Waals surface area contributed by atoms with E-state index in [1.807, 2.05) is 53.9 Å². The summed E-state index contributed by atoms with van der Waals surface area (Å²) in [6.07, 6.45) is 4.06. The number of benzene rings is 1. The molecule has 31 heavy (non-hydrogen) atoms. The predicted molar refractivity (Wildman–Crippen MR) is 121 cm³/mol. The molecule has 1 aromatic carbocycles. The monoisotopic (exact) mass is 434 g/mol. The molecule has 4 nitrogen and oxygen atoms in total. The van der Waals surface area contributed by atoms with Crippen molar-refractivity contribution < 1.29 is 19.4 Å². The lowest BCUT2D eigenvalue weighted by Crippen LogP contribution is -2.66. The number of Topliss-reactive ketones (excluding diaryl/α,β-unsaturated/α-hetero) is 2. The molecular formula is C26H26O4S. The van der Waals surface area contributed by atoms with Gasteiger partial charge in [0.15, 0.2) is 11.6 Å². The molecule has 4 aliphatic rings. The van der Waals surface area contributed by atoms with Crippen LogP contribution in [0.4, 0.5) is 0 Å². The van der Waals surface area contributed by atoms with Crippen molar-refractivity contribution in [2.75, 3.05) is 7.11 Å². The average molecular weight is 435 g/mol. The first-order valence-electron chi connectivity index (χ1n) is 10.7. The van der Waals surface area contributed by atoms with E-state index in [1.54, 1.807) is 25.4 Å². The highest BCUT2D eigenvalue weighted by Crippen LogP contribution is 2.64. The van der Waals surface area contributed by atoms with E-state index < -0.39 is 28.8 Å². The summed E-state index contributed by atoms with van der Waals surface area (Å²) in [4.78, 5) is 28.6. The van der Waals surface area contributed by atoms with Crippen LogP contribution in [0.25, 0.3) is 5.57 Å². The number of carbonyl (C=O) groups is 2. The Hall–Kier alpha value is -2.50. The van der Waals surface area contributed by atoms with Crippen molar-refractivity contribution in [2.24, 2.45) is 23.7 Å². The molecule has 1 heterocycles. The Morgan fingerprint density at radius 1 is 1.13 bits per heavy atom. The molecular weight excluding hydrogens is 408 g/mol. The van der Waals surface area contributed by atoms with Crippen LogP contribution < -0.4 is 4.74 Å². The Kier molecular flexibility index (Phi) is 4.44. The van der Waals surface area contributed by atoms with Gasteiger partial charge < -0.3 is 9.84 Å². The zero-order valence-corrected chi connectivity index (χ0v) is 18.9. The highest BCUT2D eigenvalue weighted by molar-refractivity contribution is 7.10. The van der Waals surface area contributed by atoms with Gasteiger partial charge in [-0.3, -0.25) is 9.59 Å². The maximum absolute atomic E-state index is 13.9. The number of ketones is 2. The number of aliphatic hydroxyl groups is 1. The first-order valence-corrected chi connectivity index (χ1v) is 11.5. The summed E-state index contributed by atoms with van der Waals surface area (Å²) in [6, 6.07) is 11.5. The summed E-state index contributed by atoms with van der Waals surface area (Å²) in [5.41, 5.74) is 0.173. The molecule has 5 atom stereocenters. The Labute approximate surface area is 186 Å². The molecule has 6 rings (SSSR count). The van der Waals surface area contributed by atoms with E-state index in [-0.39, 0.29) is 17.5 Å². The van der Waals surface area contributed by atoms with Crippen LogP contribution in [0.5, 0.6) is 5.75 Å². The van der Waals surface area contributed by atoms with E-state index in [1.165, 1.54) is 0 Å². The Balaban J connectivity index is 1.77. The van der Waals surface area contributed by atoms with Crippen molar-refractivity contribution >= 4 is 28.5 Å². The topological polar surface area (TPSA) is 63.6 Å². The SMILES string of the molecule is COc1ccc(C2=C[C@@]3(c4cccs4)[C@@H]4C(=O)[C@](C)(O)[C@@H](C=C4C(C)C)[C@H]3C2=O)cc1. The second-order valence-corrected chi connectivity index (χ2v) is 10.3. The van der Waals surface area contributed by atoms with Gasteiger partial charge in [0.25, 0.3) is 0 Å². The molecule has 0 amide bonds. The van der Waals surface area contributed by atoms with E-state index in [9.17, 15) is 14.7 Å². The number of hydrogen-bond acceptors (Lipinski definition) is 5. The van der Waals surface area contributed by atoms with Crippen LogP contribution in [0.3, 0.4) is 0 Å². The van der Waals surface area contributed by atoms with E-state index in [4.69, 9.17) is 4.74 Å². The molecule has 4 aliphatic carbocycles. The molecule has 0 saturated heterocycles. The fourth-order valence-electron chi connectivity index (χ4n) is 5.91. The number of rotatable bonds is 4. The smallest absolute Gasteiger partial charge is 0.173 e. The summed E-state index contributed by atoms with van der Waals surface area (Å²) < 4.78 is 5.27. The third-order valence-electron chi connectivity index (χ3n) is 7.41. The van der Waals surface area contributed by atoms with Crippen LogP contribution in [-0.4, -0.2) is 29.4 Å². The second kappa shape index (κ2) is 6.75. The molecule has 1 N–H and O–H groups in total. The molecule has 0 spiro atoms. The minimum Gasteiger partial charge on any atom is -0.497 e. The van der Waals surface area contributed by atoms with Crippen LogP contribution in [0.2, 0.25) is 0 Å². The third-order valence-corrected chi connectivity index (χ3v) is 8.45. The molecule has 160 valence electrons. The van der Waals surface area contributed by atoms with Crippen molar-refractivity contribution in [2.45, 2.75) is 31.8 Å². The van der Waals surface area contributed by atoms with Gasteiger partial charge in [-0.1, -0.05) is 49.8 Å². The predicted octanol–water partition coefficient (Wildman–Crippen LogP) is 4.44. The molecule has 1 fully saturated rings. The zero-order valence-electron chi connectivity index (χ0n) is 18.1. The number of fused-ring (bicyclic) bond motifs is 1. The van der Waals surface area contributed by atoms with E-state index in [0.717, 1.165) is 21.8 Å². The maximum atomic E-state index is 13.9. The van der Waals surface area contributed by atoms with Gasteiger partial charge in [-0.15, -0.1) is 11.3 Å². The first kappa shape index (κ1) is 20.4. The highest BCUT2D eigenvalue weighted by Gasteiger charge is 2.70. The average Bonchev–Trinajstić information content (AvgIpc) is 3.39. The van der Waals surface area contributed by atoms with Crippen molar-refractivity contribution in [3.8, 4) is 5.75 Å². The molecule has 0 radical (unpaired) electrons. The zero-order chi connectivity index (χ0) is 22.1. The van der Waals surface area contributed by atoms with Gasteiger partial charge >= 0.3 is 0 Å². The number of thiophene rings is 1. The number of allylic oxidation sites excluding steroid dienone is 3. The van der Waals surface area contributed by atoms with Crippen LogP contribution in [-0.2, 0) is 15.0 Å². The van der Waals surface area contributed by atoms with Crippen LogP contribution in [0.1, 0.15) is 31.2 Å². The van der Waals surface area contributed by atoms with E-state index >= 15 is 0 Å². The lowest BCUT2D eigenvalue weighted by atomic mass is 9.46. The minimum absolute atomic E-state index is 0.000368. The third kappa shape index (κ3) is 2.56. The highest BCUT2D eigenvalue weighted by atomic mass is 32.1. The normalized spacial score (nSPS) is 34.1. The van der Waals surface area contributed by atoms with Gasteiger partial charge in [-0.25, -0.2) is 0 Å². The number of hydrogen-bond donors (Lipinski definition) is 1. The molecule has 5 heteroatoms. The largest absolute Gasteiger partial charge is 0.497 e. The van der Waals surface area contributed by atoms with Gasteiger partial charge in [0.1, 0.15) is 11.4 Å². The van der Waals surface area contributed by atoms with E-state index in [0.29, 0.717) is 5.57 Å². The van der Waals surface area contributed by atoms with Gasteiger partial charge in [-0.05, 0) is 42.0 Å². The lowest BCUT2D eigenvalue weighted by molar-refractivity contribution is -0.161.